The molecule has 1 unspecified atom stereocenters. The molecular formula is C26H38O3. The topological polar surface area (TPSA) is 27.7 Å². The highest BCUT2D eigenvalue weighted by atomic mass is 16.5. The van der Waals surface area contributed by atoms with E-state index in [-0.39, 0.29) is 5.41 Å². The van der Waals surface area contributed by atoms with E-state index in [1.165, 1.54) is 5.56 Å². The molecule has 1 atom stereocenters. The number of benzene rings is 2. The fourth-order valence-corrected chi connectivity index (χ4v) is 3.50. The zero-order chi connectivity index (χ0) is 21.5. The van der Waals surface area contributed by atoms with Gasteiger partial charge in [0.05, 0.1) is 6.61 Å². The molecule has 0 fully saturated rings. The molecular weight excluding hydrogens is 360 g/mol. The van der Waals surface area contributed by atoms with Gasteiger partial charge in [0.25, 0.3) is 0 Å². The molecule has 0 aliphatic rings. The average Bonchev–Trinajstić information content (AvgIpc) is 2.64. The van der Waals surface area contributed by atoms with Crippen LogP contribution in [0, 0.1) is 10.8 Å². The molecule has 0 radical (unpaired) electrons. The number of rotatable bonds is 9. The Hall–Kier alpha value is -2.00. The van der Waals surface area contributed by atoms with Gasteiger partial charge in [0.1, 0.15) is 24.7 Å². The second-order valence-corrected chi connectivity index (χ2v) is 10.0. The number of ether oxygens (including phenoxy) is 3. The summed E-state index contributed by atoms with van der Waals surface area (Å²) in [6.45, 7) is 15.6. The summed E-state index contributed by atoms with van der Waals surface area (Å²) in [4.78, 5) is 0. The first-order valence-corrected chi connectivity index (χ1v) is 10.5. The first-order valence-electron chi connectivity index (χ1n) is 10.5. The van der Waals surface area contributed by atoms with Crippen molar-refractivity contribution in [1.29, 1.82) is 0 Å². The van der Waals surface area contributed by atoms with Crippen molar-refractivity contribution in [2.24, 2.45) is 10.8 Å². The maximum atomic E-state index is 5.87. The fourth-order valence-electron chi connectivity index (χ4n) is 3.50. The summed E-state index contributed by atoms with van der Waals surface area (Å²) in [6.07, 6.45) is 1.16. The van der Waals surface area contributed by atoms with Gasteiger partial charge >= 0.3 is 0 Å². The van der Waals surface area contributed by atoms with E-state index in [0.717, 1.165) is 23.5 Å². The average molecular weight is 399 g/mol. The fraction of sp³-hybridized carbons (Fsp3) is 0.538. The monoisotopic (exact) mass is 398 g/mol. The van der Waals surface area contributed by atoms with Crippen molar-refractivity contribution in [3.8, 4) is 11.5 Å². The maximum Gasteiger partial charge on any atom is 0.122 e. The smallest absolute Gasteiger partial charge is 0.122 e. The molecule has 0 saturated carbocycles. The molecule has 29 heavy (non-hydrogen) atoms. The van der Waals surface area contributed by atoms with Crippen molar-refractivity contribution < 1.29 is 14.2 Å². The Bertz CT molecular complexity index is 719. The Morgan fingerprint density at radius 2 is 1.21 bits per heavy atom. The second kappa shape index (κ2) is 10.2. The van der Waals surface area contributed by atoms with Gasteiger partial charge in [0, 0.05) is 7.11 Å². The van der Waals surface area contributed by atoms with E-state index in [1.54, 1.807) is 7.11 Å². The first kappa shape index (κ1) is 23.3. The number of methoxy groups -OCH3 is 1. The van der Waals surface area contributed by atoms with Crippen molar-refractivity contribution >= 4 is 0 Å². The minimum absolute atomic E-state index is 0.225. The Morgan fingerprint density at radius 1 is 0.724 bits per heavy atom. The molecule has 0 saturated heterocycles. The standard InChI is InChI=1S/C26H38O3/c1-25(2,3)18-24(26(4,5)6)21-10-14-23(15-11-21)29-17-16-28-22-12-8-20(9-13-22)19-27-7/h8-15,24H,16-19H2,1-7H3. The summed E-state index contributed by atoms with van der Waals surface area (Å²) in [5, 5.41) is 0. The summed E-state index contributed by atoms with van der Waals surface area (Å²) in [6, 6.07) is 16.5. The normalized spacial score (nSPS) is 13.2. The van der Waals surface area contributed by atoms with Crippen LogP contribution in [-0.2, 0) is 11.3 Å². The van der Waals surface area contributed by atoms with Gasteiger partial charge in [-0.25, -0.2) is 0 Å². The van der Waals surface area contributed by atoms with Gasteiger partial charge in [-0.3, -0.25) is 0 Å². The molecule has 0 aliphatic heterocycles. The van der Waals surface area contributed by atoms with Gasteiger partial charge in [0.15, 0.2) is 0 Å². The summed E-state index contributed by atoms with van der Waals surface area (Å²) in [7, 11) is 1.70. The SMILES string of the molecule is COCc1ccc(OCCOc2ccc(C(CC(C)(C)C)C(C)(C)C)cc2)cc1. The van der Waals surface area contributed by atoms with Crippen LogP contribution >= 0.6 is 0 Å². The predicted octanol–water partition coefficient (Wildman–Crippen LogP) is 6.86. The summed E-state index contributed by atoms with van der Waals surface area (Å²) < 4.78 is 16.7. The third kappa shape index (κ3) is 8.10. The van der Waals surface area contributed by atoms with Crippen LogP contribution in [0.15, 0.2) is 48.5 Å². The van der Waals surface area contributed by atoms with Crippen LogP contribution in [0.4, 0.5) is 0 Å². The van der Waals surface area contributed by atoms with Gasteiger partial charge in [-0.2, -0.15) is 0 Å². The van der Waals surface area contributed by atoms with Gasteiger partial charge in [-0.1, -0.05) is 65.8 Å². The lowest BCUT2D eigenvalue weighted by molar-refractivity contribution is 0.184. The molecule has 2 aromatic rings. The maximum absolute atomic E-state index is 5.87. The highest BCUT2D eigenvalue weighted by Crippen LogP contribution is 2.43. The summed E-state index contributed by atoms with van der Waals surface area (Å²) >= 11 is 0. The molecule has 0 amide bonds. The Kier molecular flexibility index (Phi) is 8.15. The van der Waals surface area contributed by atoms with Crippen LogP contribution in [0.5, 0.6) is 11.5 Å². The zero-order valence-electron chi connectivity index (χ0n) is 19.2. The van der Waals surface area contributed by atoms with Crippen LogP contribution in [0.3, 0.4) is 0 Å². The van der Waals surface area contributed by atoms with E-state index >= 15 is 0 Å². The van der Waals surface area contributed by atoms with Gasteiger partial charge < -0.3 is 14.2 Å². The summed E-state index contributed by atoms with van der Waals surface area (Å²) in [5.41, 5.74) is 3.04. The zero-order valence-corrected chi connectivity index (χ0v) is 19.2. The molecule has 0 bridgehead atoms. The Labute approximate surface area is 177 Å². The van der Waals surface area contributed by atoms with Crippen molar-refractivity contribution in [1.82, 2.24) is 0 Å². The third-order valence-electron chi connectivity index (χ3n) is 5.00. The van der Waals surface area contributed by atoms with Crippen LogP contribution in [0.1, 0.15) is 65.0 Å². The van der Waals surface area contributed by atoms with Gasteiger partial charge in [-0.05, 0) is 58.6 Å². The lowest BCUT2D eigenvalue weighted by atomic mass is 9.69. The number of hydrogen-bond donors (Lipinski definition) is 0. The number of hydrogen-bond acceptors (Lipinski definition) is 3. The highest BCUT2D eigenvalue weighted by Gasteiger charge is 2.30. The molecule has 0 spiro atoms. The van der Waals surface area contributed by atoms with Crippen molar-refractivity contribution in [2.75, 3.05) is 20.3 Å². The lowest BCUT2D eigenvalue weighted by Crippen LogP contribution is -2.23. The molecule has 2 aromatic carbocycles. The van der Waals surface area contributed by atoms with Crippen molar-refractivity contribution in [3.05, 3.63) is 59.7 Å². The molecule has 2 rings (SSSR count). The molecule has 0 heterocycles. The largest absolute Gasteiger partial charge is 0.490 e. The van der Waals surface area contributed by atoms with Crippen LogP contribution in [0.2, 0.25) is 0 Å². The lowest BCUT2D eigenvalue weighted by Gasteiger charge is -2.36. The van der Waals surface area contributed by atoms with Crippen molar-refractivity contribution in [2.45, 2.75) is 60.5 Å². The van der Waals surface area contributed by atoms with E-state index in [2.05, 4.69) is 65.8 Å². The third-order valence-corrected chi connectivity index (χ3v) is 5.00. The second-order valence-electron chi connectivity index (χ2n) is 10.0. The quantitative estimate of drug-likeness (QED) is 0.432. The Balaban J connectivity index is 1.86. The highest BCUT2D eigenvalue weighted by molar-refractivity contribution is 5.31. The van der Waals surface area contributed by atoms with E-state index in [4.69, 9.17) is 14.2 Å². The van der Waals surface area contributed by atoms with E-state index in [9.17, 15) is 0 Å². The molecule has 160 valence electrons. The molecule has 0 N–H and O–H groups in total. The van der Waals surface area contributed by atoms with Gasteiger partial charge in [0.2, 0.25) is 0 Å². The Morgan fingerprint density at radius 3 is 1.62 bits per heavy atom. The minimum Gasteiger partial charge on any atom is -0.490 e. The predicted molar refractivity (Wildman–Crippen MR) is 121 cm³/mol. The van der Waals surface area contributed by atoms with Gasteiger partial charge in [-0.15, -0.1) is 0 Å². The van der Waals surface area contributed by atoms with Crippen LogP contribution in [0.25, 0.3) is 0 Å². The molecule has 3 nitrogen and oxygen atoms in total. The van der Waals surface area contributed by atoms with E-state index < -0.39 is 0 Å². The van der Waals surface area contributed by atoms with Crippen molar-refractivity contribution in [3.63, 3.8) is 0 Å². The molecule has 3 heteroatoms. The van der Waals surface area contributed by atoms with Crippen LogP contribution < -0.4 is 9.47 Å². The molecule has 0 aliphatic carbocycles. The minimum atomic E-state index is 0.225. The van der Waals surface area contributed by atoms with Crippen LogP contribution in [-0.4, -0.2) is 20.3 Å². The molecule has 0 aromatic heterocycles. The van der Waals surface area contributed by atoms with E-state index in [1.807, 2.05) is 24.3 Å². The van der Waals surface area contributed by atoms with E-state index in [0.29, 0.717) is 31.2 Å². The first-order chi connectivity index (χ1) is 13.6. The summed E-state index contributed by atoms with van der Waals surface area (Å²) in [5.74, 6) is 2.25.